The first-order chi connectivity index (χ1) is 23.4. The van der Waals surface area contributed by atoms with E-state index in [9.17, 15) is 14.7 Å². The van der Waals surface area contributed by atoms with Crippen LogP contribution in [0, 0.1) is 5.92 Å². The molecule has 48 heavy (non-hydrogen) atoms. The molecule has 0 saturated carbocycles. The van der Waals surface area contributed by atoms with Crippen LogP contribution in [-0.2, 0) is 23.8 Å². The maximum atomic E-state index is 12.0. The number of esters is 2. The first kappa shape index (κ1) is 44.1. The van der Waals surface area contributed by atoms with Crippen LogP contribution in [0.2, 0.25) is 0 Å². The molecule has 1 saturated heterocycles. The van der Waals surface area contributed by atoms with Crippen molar-refractivity contribution in [3.63, 3.8) is 0 Å². The van der Waals surface area contributed by atoms with Gasteiger partial charge in [-0.1, -0.05) is 154 Å². The van der Waals surface area contributed by atoms with Gasteiger partial charge in [-0.3, -0.25) is 9.59 Å². The molecule has 1 aliphatic heterocycles. The van der Waals surface area contributed by atoms with Crippen molar-refractivity contribution in [2.75, 3.05) is 13.2 Å². The minimum absolute atomic E-state index is 0.138. The van der Waals surface area contributed by atoms with Gasteiger partial charge in [0.15, 0.2) is 0 Å². The van der Waals surface area contributed by atoms with Gasteiger partial charge in [-0.2, -0.15) is 0 Å². The number of epoxide rings is 1. The summed E-state index contributed by atoms with van der Waals surface area (Å²) in [6.07, 6.45) is 40.8. The molecule has 0 aliphatic carbocycles. The molecule has 1 heterocycles. The van der Waals surface area contributed by atoms with E-state index in [4.69, 9.17) is 14.2 Å². The van der Waals surface area contributed by atoms with Gasteiger partial charge >= 0.3 is 11.9 Å². The molecule has 6 nitrogen and oxygen atoms in total. The number of unbranched alkanes of at least 4 members (excludes halogenated alkanes) is 15. The van der Waals surface area contributed by atoms with E-state index in [-0.39, 0.29) is 37.4 Å². The lowest BCUT2D eigenvalue weighted by molar-refractivity contribution is -0.152. The summed E-state index contributed by atoms with van der Waals surface area (Å²) in [6, 6.07) is 0. The molecule has 1 fully saturated rings. The van der Waals surface area contributed by atoms with Gasteiger partial charge in [0.25, 0.3) is 0 Å². The van der Waals surface area contributed by atoms with Crippen LogP contribution in [0.4, 0.5) is 0 Å². The van der Waals surface area contributed by atoms with E-state index in [1.165, 1.54) is 96.3 Å². The number of hydrogen-bond acceptors (Lipinski definition) is 6. The van der Waals surface area contributed by atoms with Crippen LogP contribution in [-0.4, -0.2) is 48.6 Å². The van der Waals surface area contributed by atoms with E-state index in [2.05, 4.69) is 57.2 Å². The average Bonchev–Trinajstić information content (AvgIpc) is 3.82. The molecule has 278 valence electrons. The van der Waals surface area contributed by atoms with Crippen LogP contribution >= 0.6 is 0 Å². The Morgan fingerprint density at radius 1 is 0.625 bits per heavy atom. The number of allylic oxidation sites excluding steroid dienone is 5. The predicted octanol–water partition coefficient (Wildman–Crippen LogP) is 11.3. The van der Waals surface area contributed by atoms with E-state index in [0.29, 0.717) is 19.3 Å². The van der Waals surface area contributed by atoms with Crippen molar-refractivity contribution >= 4 is 11.9 Å². The quantitative estimate of drug-likeness (QED) is 0.0316. The smallest absolute Gasteiger partial charge is 0.305 e. The van der Waals surface area contributed by atoms with Crippen LogP contribution in [0.15, 0.2) is 36.5 Å². The molecule has 0 aromatic carbocycles. The topological polar surface area (TPSA) is 85.4 Å². The number of rotatable bonds is 34. The number of aliphatic hydroxyl groups is 1. The lowest BCUT2D eigenvalue weighted by atomic mass is 10.0. The summed E-state index contributed by atoms with van der Waals surface area (Å²) in [5.74, 6) is 0.207. The Kier molecular flexibility index (Phi) is 29.7. The highest BCUT2D eigenvalue weighted by Gasteiger charge is 2.36. The highest BCUT2D eigenvalue weighted by atomic mass is 16.6. The van der Waals surface area contributed by atoms with Gasteiger partial charge in [-0.15, -0.1) is 0 Å². The van der Waals surface area contributed by atoms with Crippen molar-refractivity contribution in [1.82, 2.24) is 0 Å². The van der Waals surface area contributed by atoms with Crippen molar-refractivity contribution in [3.05, 3.63) is 36.5 Å². The highest BCUT2D eigenvalue weighted by molar-refractivity contribution is 5.69. The summed E-state index contributed by atoms with van der Waals surface area (Å²) < 4.78 is 16.0. The Morgan fingerprint density at radius 3 is 1.69 bits per heavy atom. The molecule has 0 bridgehead atoms. The van der Waals surface area contributed by atoms with Gasteiger partial charge in [0.05, 0.1) is 12.2 Å². The fourth-order valence-corrected chi connectivity index (χ4v) is 5.83. The summed E-state index contributed by atoms with van der Waals surface area (Å²) in [7, 11) is 0. The summed E-state index contributed by atoms with van der Waals surface area (Å²) >= 11 is 0. The van der Waals surface area contributed by atoms with Gasteiger partial charge in [0, 0.05) is 12.8 Å². The first-order valence-electron chi connectivity index (χ1n) is 20.0. The van der Waals surface area contributed by atoms with E-state index in [0.717, 1.165) is 50.9 Å². The molecule has 3 atom stereocenters. The zero-order valence-corrected chi connectivity index (χ0v) is 31.4. The number of carbonyl (C=O) groups is 2. The molecule has 0 radical (unpaired) electrons. The molecule has 6 heteroatoms. The molecular weight excluding hydrogens is 600 g/mol. The largest absolute Gasteiger partial charge is 0.463 e. The van der Waals surface area contributed by atoms with Gasteiger partial charge in [0.2, 0.25) is 0 Å². The normalized spacial score (nSPS) is 16.9. The highest BCUT2D eigenvalue weighted by Crippen LogP contribution is 2.30. The molecule has 0 aromatic rings. The van der Waals surface area contributed by atoms with Gasteiger partial charge in [0.1, 0.15) is 19.3 Å². The maximum Gasteiger partial charge on any atom is 0.305 e. The molecule has 2 unspecified atom stereocenters. The van der Waals surface area contributed by atoms with Crippen molar-refractivity contribution < 1.29 is 28.9 Å². The lowest BCUT2D eigenvalue weighted by Gasteiger charge is -2.12. The molecule has 1 rings (SSSR count). The Morgan fingerprint density at radius 2 is 1.12 bits per heavy atom. The number of ether oxygens (including phenoxy) is 3. The van der Waals surface area contributed by atoms with Crippen LogP contribution in [0.25, 0.3) is 0 Å². The summed E-state index contributed by atoms with van der Waals surface area (Å²) in [5.41, 5.74) is 0. The summed E-state index contributed by atoms with van der Waals surface area (Å²) in [6.45, 7) is 6.56. The molecule has 0 aromatic heterocycles. The summed E-state index contributed by atoms with van der Waals surface area (Å²) in [4.78, 5) is 24.0. The lowest BCUT2D eigenvalue weighted by Crippen LogP contribution is -2.25. The number of hydrogen-bond donors (Lipinski definition) is 1. The van der Waals surface area contributed by atoms with Gasteiger partial charge < -0.3 is 19.3 Å². The monoisotopic (exact) mass is 675 g/mol. The van der Waals surface area contributed by atoms with E-state index >= 15 is 0 Å². The molecule has 0 spiro atoms. The predicted molar refractivity (Wildman–Crippen MR) is 200 cm³/mol. The fourth-order valence-electron chi connectivity index (χ4n) is 5.83. The third-order valence-corrected chi connectivity index (χ3v) is 8.98. The van der Waals surface area contributed by atoms with Crippen molar-refractivity contribution in [1.29, 1.82) is 0 Å². The second-order valence-corrected chi connectivity index (χ2v) is 14.3. The molecule has 0 amide bonds. The van der Waals surface area contributed by atoms with Crippen LogP contribution in [0.5, 0.6) is 0 Å². The molecular formula is C42H74O6. The second kappa shape index (κ2) is 32.3. The third kappa shape index (κ3) is 30.2. The zero-order valence-electron chi connectivity index (χ0n) is 31.4. The molecule has 1 aliphatic rings. The van der Waals surface area contributed by atoms with Crippen molar-refractivity contribution in [2.45, 2.75) is 200 Å². The minimum Gasteiger partial charge on any atom is -0.463 e. The van der Waals surface area contributed by atoms with E-state index in [1.807, 2.05) is 0 Å². The Bertz CT molecular complexity index is 847. The van der Waals surface area contributed by atoms with Gasteiger partial charge in [-0.25, -0.2) is 0 Å². The Hall–Kier alpha value is -1.92. The third-order valence-electron chi connectivity index (χ3n) is 8.98. The minimum atomic E-state index is -0.993. The average molecular weight is 675 g/mol. The second-order valence-electron chi connectivity index (χ2n) is 14.3. The van der Waals surface area contributed by atoms with E-state index < -0.39 is 6.10 Å². The Labute approximate surface area is 295 Å². The Balaban J connectivity index is 1.87. The standard InChI is InChI=1S/C42H74O6/c1-4-5-6-7-8-9-10-15-18-21-24-27-31-39-40(48-39)32-29-34-42(45)47-36-38(43)35-46-41(44)33-28-25-22-19-16-13-11-12-14-17-20-23-26-30-37(2)3/h8-9,15,18,24,27,37-40,43H,4-7,10-14,16-17,19-23,25-26,28-36H2,1-3H3/b9-8-,18-15-,27-24-/t38-,39?,40?/m0/s1. The molecule has 1 N–H and O–H groups in total. The van der Waals surface area contributed by atoms with Crippen LogP contribution in [0.3, 0.4) is 0 Å². The number of carbonyl (C=O) groups excluding carboxylic acids is 2. The number of aliphatic hydroxyl groups excluding tert-OH is 1. The first-order valence-corrected chi connectivity index (χ1v) is 20.0. The van der Waals surface area contributed by atoms with Crippen molar-refractivity contribution in [2.24, 2.45) is 5.92 Å². The SMILES string of the molecule is CCCCC/C=C\C/C=C\C/C=C\CC1OC1CCCC(=O)OC[C@@H](O)COC(=O)CCCCCCCCCCCCCCCC(C)C. The van der Waals surface area contributed by atoms with E-state index in [1.54, 1.807) is 0 Å². The maximum absolute atomic E-state index is 12.0. The van der Waals surface area contributed by atoms with Crippen LogP contribution < -0.4 is 0 Å². The van der Waals surface area contributed by atoms with Gasteiger partial charge in [-0.05, 0) is 57.3 Å². The zero-order chi connectivity index (χ0) is 34.9. The van der Waals surface area contributed by atoms with Crippen LogP contribution in [0.1, 0.15) is 181 Å². The van der Waals surface area contributed by atoms with Crippen molar-refractivity contribution in [3.8, 4) is 0 Å². The summed E-state index contributed by atoms with van der Waals surface area (Å²) in [5, 5.41) is 10.0. The fraction of sp³-hybridized carbons (Fsp3) is 0.810.